The fraction of sp³-hybridized carbons (Fsp3) is 0.560. The van der Waals surface area contributed by atoms with Crippen LogP contribution in [0, 0.1) is 0 Å². The number of amides is 2. The number of alkyl halides is 3. The quantitative estimate of drug-likeness (QED) is 0.552. The first-order valence-corrected chi connectivity index (χ1v) is 12.7. The molecule has 5 rings (SSSR count). The highest BCUT2D eigenvalue weighted by atomic mass is 19.4. The van der Waals surface area contributed by atoms with Crippen molar-refractivity contribution < 1.29 is 36.9 Å². The number of halogens is 3. The highest BCUT2D eigenvalue weighted by molar-refractivity contribution is 5.91. The molecule has 2 amide bonds. The molecule has 0 spiro atoms. The van der Waals surface area contributed by atoms with Gasteiger partial charge in [-0.25, -0.2) is 9.78 Å². The summed E-state index contributed by atoms with van der Waals surface area (Å²) in [5.74, 6) is 1.28. The van der Waals surface area contributed by atoms with Gasteiger partial charge >= 0.3 is 12.2 Å². The van der Waals surface area contributed by atoms with E-state index in [4.69, 9.17) is 18.9 Å². The van der Waals surface area contributed by atoms with E-state index in [0.29, 0.717) is 63.9 Å². The maximum absolute atomic E-state index is 13.2. The molecule has 0 bridgehead atoms. The maximum Gasteiger partial charge on any atom is 0.416 e. The lowest BCUT2D eigenvalue weighted by atomic mass is 9.93. The van der Waals surface area contributed by atoms with Gasteiger partial charge in [-0.05, 0) is 43.9 Å². The van der Waals surface area contributed by atoms with E-state index in [1.807, 2.05) is 0 Å². The van der Waals surface area contributed by atoms with Crippen molar-refractivity contribution in [3.8, 4) is 11.6 Å². The van der Waals surface area contributed by atoms with Crippen LogP contribution in [0.2, 0.25) is 0 Å². The van der Waals surface area contributed by atoms with Gasteiger partial charge in [0.2, 0.25) is 11.8 Å². The van der Waals surface area contributed by atoms with Crippen molar-refractivity contribution in [3.05, 3.63) is 36.0 Å². The second kappa shape index (κ2) is 11.6. The molecule has 38 heavy (non-hydrogen) atoms. The van der Waals surface area contributed by atoms with E-state index in [1.165, 1.54) is 6.07 Å². The topological polar surface area (TPSA) is 107 Å². The van der Waals surface area contributed by atoms with E-state index in [9.17, 15) is 18.0 Å². The second-order valence-electron chi connectivity index (χ2n) is 9.47. The predicted octanol–water partition coefficient (Wildman–Crippen LogP) is 3.62. The molecule has 1 aromatic heterocycles. The van der Waals surface area contributed by atoms with E-state index in [0.717, 1.165) is 25.2 Å². The number of anilines is 2. The Labute approximate surface area is 217 Å². The monoisotopic (exact) mass is 537 g/mol. The van der Waals surface area contributed by atoms with Crippen molar-refractivity contribution in [2.24, 2.45) is 0 Å². The maximum atomic E-state index is 13.2. The van der Waals surface area contributed by atoms with Crippen molar-refractivity contribution in [2.75, 3.05) is 49.7 Å². The molecule has 1 saturated carbocycles. The summed E-state index contributed by atoms with van der Waals surface area (Å²) in [4.78, 5) is 23.6. The van der Waals surface area contributed by atoms with Crippen molar-refractivity contribution >= 4 is 17.7 Å². The lowest BCUT2D eigenvalue weighted by Crippen LogP contribution is -2.42. The number of hydrogen-bond acceptors (Lipinski definition) is 8. The Bertz CT molecular complexity index is 1100. The lowest BCUT2D eigenvalue weighted by molar-refractivity contribution is -0.137. The molecule has 13 heteroatoms. The summed E-state index contributed by atoms with van der Waals surface area (Å²) in [6.45, 7) is 3.42. The smallest absolute Gasteiger partial charge is 0.416 e. The molecule has 10 nitrogen and oxygen atoms in total. The van der Waals surface area contributed by atoms with Crippen LogP contribution in [0.15, 0.2) is 30.5 Å². The van der Waals surface area contributed by atoms with Gasteiger partial charge < -0.3 is 34.5 Å². The van der Waals surface area contributed by atoms with Crippen molar-refractivity contribution in [1.82, 2.24) is 15.3 Å². The summed E-state index contributed by atoms with van der Waals surface area (Å²) in [6.07, 6.45) is -0.481. The van der Waals surface area contributed by atoms with Crippen LogP contribution in [0.25, 0.3) is 0 Å². The van der Waals surface area contributed by atoms with Gasteiger partial charge in [0, 0.05) is 31.4 Å². The number of rotatable bonds is 7. The largest absolute Gasteiger partial charge is 0.483 e. The predicted molar refractivity (Wildman–Crippen MR) is 131 cm³/mol. The molecule has 1 aliphatic carbocycles. The van der Waals surface area contributed by atoms with Crippen LogP contribution in [0.4, 0.5) is 29.6 Å². The third-order valence-electron chi connectivity index (χ3n) is 6.66. The summed E-state index contributed by atoms with van der Waals surface area (Å²) in [6, 6.07) is 4.03. The normalized spacial score (nSPS) is 22.3. The van der Waals surface area contributed by atoms with Gasteiger partial charge in [0.05, 0.1) is 37.7 Å². The van der Waals surface area contributed by atoms with E-state index >= 15 is 0 Å². The minimum atomic E-state index is -4.55. The zero-order chi connectivity index (χ0) is 26.5. The Kier molecular flexibility index (Phi) is 8.03. The van der Waals surface area contributed by atoms with Gasteiger partial charge in [0.1, 0.15) is 18.0 Å². The van der Waals surface area contributed by atoms with Crippen LogP contribution >= 0.6 is 0 Å². The Morgan fingerprint density at radius 1 is 1.00 bits per heavy atom. The number of aromatic nitrogens is 2. The number of ether oxygens (including phenoxy) is 4. The fourth-order valence-corrected chi connectivity index (χ4v) is 4.52. The molecule has 2 saturated heterocycles. The summed E-state index contributed by atoms with van der Waals surface area (Å²) in [7, 11) is 0. The van der Waals surface area contributed by atoms with Gasteiger partial charge in [-0.1, -0.05) is 0 Å². The number of hydrogen-bond donors (Lipinski definition) is 2. The van der Waals surface area contributed by atoms with E-state index in [1.54, 1.807) is 12.3 Å². The average Bonchev–Trinajstić information content (AvgIpc) is 2.88. The summed E-state index contributed by atoms with van der Waals surface area (Å²) >= 11 is 0. The summed E-state index contributed by atoms with van der Waals surface area (Å²) in [5, 5.41) is 5.39. The first kappa shape index (κ1) is 26.3. The highest BCUT2D eigenvalue weighted by Gasteiger charge is 2.32. The Hall–Kier alpha value is -3.32. The molecule has 3 fully saturated rings. The molecular formula is C25H30F3N5O5. The second-order valence-corrected chi connectivity index (χ2v) is 9.47. The Morgan fingerprint density at radius 2 is 1.76 bits per heavy atom. The molecule has 206 valence electrons. The van der Waals surface area contributed by atoms with Crippen LogP contribution in [0.3, 0.4) is 0 Å². The lowest BCUT2D eigenvalue weighted by Gasteiger charge is -2.30. The van der Waals surface area contributed by atoms with Gasteiger partial charge in [0.15, 0.2) is 0 Å². The summed E-state index contributed by atoms with van der Waals surface area (Å²) in [5.41, 5.74) is -0.912. The number of morpholine rings is 1. The minimum Gasteiger partial charge on any atom is -0.483 e. The molecule has 2 aliphatic heterocycles. The van der Waals surface area contributed by atoms with Crippen molar-refractivity contribution in [1.29, 1.82) is 0 Å². The SMILES string of the molecule is O=C(Nc1cc(C(F)(F)F)ccc1OC1COC1)NC1CCC(Oc2ccnc(N3CCOCC3)n2)CC1. The molecule has 3 heterocycles. The van der Waals surface area contributed by atoms with Crippen LogP contribution in [-0.2, 0) is 15.7 Å². The molecule has 0 radical (unpaired) electrons. The Balaban J connectivity index is 1.13. The zero-order valence-corrected chi connectivity index (χ0v) is 20.7. The van der Waals surface area contributed by atoms with E-state index in [2.05, 4.69) is 25.5 Å². The van der Waals surface area contributed by atoms with Crippen LogP contribution in [0.1, 0.15) is 31.2 Å². The molecule has 0 unspecified atom stereocenters. The average molecular weight is 538 g/mol. The summed E-state index contributed by atoms with van der Waals surface area (Å²) < 4.78 is 61.9. The third-order valence-corrected chi connectivity index (χ3v) is 6.66. The zero-order valence-electron chi connectivity index (χ0n) is 20.7. The number of benzene rings is 1. The van der Waals surface area contributed by atoms with Crippen molar-refractivity contribution in [2.45, 2.75) is 50.1 Å². The molecule has 3 aliphatic rings. The van der Waals surface area contributed by atoms with Crippen LogP contribution in [0.5, 0.6) is 11.6 Å². The molecule has 1 aromatic carbocycles. The number of carbonyl (C=O) groups excluding carboxylic acids is 1. The van der Waals surface area contributed by atoms with Gasteiger partial charge in [-0.2, -0.15) is 18.2 Å². The first-order valence-electron chi connectivity index (χ1n) is 12.7. The number of nitrogens with one attached hydrogen (secondary N) is 2. The first-order chi connectivity index (χ1) is 18.3. The van der Waals surface area contributed by atoms with Crippen LogP contribution < -0.4 is 25.0 Å². The Morgan fingerprint density at radius 3 is 2.45 bits per heavy atom. The molecule has 2 aromatic rings. The highest BCUT2D eigenvalue weighted by Crippen LogP contribution is 2.36. The van der Waals surface area contributed by atoms with Gasteiger partial charge in [-0.15, -0.1) is 0 Å². The number of carbonyl (C=O) groups is 1. The number of urea groups is 1. The molecular weight excluding hydrogens is 507 g/mol. The third kappa shape index (κ3) is 6.76. The van der Waals surface area contributed by atoms with Crippen LogP contribution in [-0.4, -0.2) is 73.8 Å². The van der Waals surface area contributed by atoms with Gasteiger partial charge in [-0.3, -0.25) is 0 Å². The number of nitrogens with zero attached hydrogens (tertiary/aromatic N) is 3. The molecule has 0 atom stereocenters. The fourth-order valence-electron chi connectivity index (χ4n) is 4.52. The standard InChI is InChI=1S/C25H30F3N5O5/c26-25(27,28)16-1-6-21(37-19-14-36-15-19)20(13-16)31-24(34)30-17-2-4-18(5-3-17)38-22-7-8-29-23(32-22)33-9-11-35-12-10-33/h1,6-8,13,17-19H,2-5,9-12,14-15H2,(H2,30,31,34). The van der Waals surface area contributed by atoms with Gasteiger partial charge in [0.25, 0.3) is 0 Å². The van der Waals surface area contributed by atoms with E-state index in [-0.39, 0.29) is 29.7 Å². The molecule has 2 N–H and O–H groups in total. The van der Waals surface area contributed by atoms with E-state index < -0.39 is 17.8 Å². The van der Waals surface area contributed by atoms with Crippen molar-refractivity contribution in [3.63, 3.8) is 0 Å². The minimum absolute atomic E-state index is 0.0407.